The third-order valence-electron chi connectivity index (χ3n) is 5.65. The van der Waals surface area contributed by atoms with E-state index in [-0.39, 0.29) is 11.8 Å². The number of aryl methyl sites for hydroxylation is 1. The van der Waals surface area contributed by atoms with Crippen molar-refractivity contribution in [2.45, 2.75) is 25.7 Å². The molecule has 0 bridgehead atoms. The molecule has 0 unspecified atom stereocenters. The van der Waals surface area contributed by atoms with Crippen LogP contribution in [-0.4, -0.2) is 27.0 Å². The van der Waals surface area contributed by atoms with Crippen molar-refractivity contribution in [1.29, 1.82) is 0 Å². The molecule has 1 saturated carbocycles. The van der Waals surface area contributed by atoms with E-state index in [9.17, 15) is 9.59 Å². The van der Waals surface area contributed by atoms with Crippen LogP contribution < -0.4 is 10.6 Å². The first-order valence-electron chi connectivity index (χ1n) is 10.9. The van der Waals surface area contributed by atoms with Crippen LogP contribution in [0.1, 0.15) is 50.9 Å². The number of nitrogens with one attached hydrogen (secondary N) is 3. The van der Waals surface area contributed by atoms with E-state index in [1.165, 1.54) is 0 Å². The predicted molar refractivity (Wildman–Crippen MR) is 127 cm³/mol. The van der Waals surface area contributed by atoms with E-state index in [0.29, 0.717) is 34.2 Å². The molecule has 0 saturated heterocycles. The second-order valence-corrected chi connectivity index (χ2v) is 8.20. The summed E-state index contributed by atoms with van der Waals surface area (Å²) in [6.07, 6.45) is 2.33. The van der Waals surface area contributed by atoms with E-state index in [0.717, 1.165) is 29.8 Å². The zero-order valence-corrected chi connectivity index (χ0v) is 18.1. The van der Waals surface area contributed by atoms with Gasteiger partial charge >= 0.3 is 0 Å². The van der Waals surface area contributed by atoms with Crippen LogP contribution in [0.5, 0.6) is 0 Å². The number of carbonyl (C=O) groups excluding carboxylic acids is 2. The molecule has 3 aromatic carbocycles. The summed E-state index contributed by atoms with van der Waals surface area (Å²) >= 11 is 0. The van der Waals surface area contributed by atoms with Crippen molar-refractivity contribution < 1.29 is 9.59 Å². The third kappa shape index (κ3) is 4.67. The van der Waals surface area contributed by atoms with E-state index >= 15 is 0 Å². The molecule has 5 rings (SSSR count). The number of nitrogens with zero attached hydrogens (tertiary/aromatic N) is 2. The predicted octanol–water partition coefficient (Wildman–Crippen LogP) is 5.16. The van der Waals surface area contributed by atoms with E-state index in [4.69, 9.17) is 0 Å². The highest BCUT2D eigenvalue weighted by molar-refractivity contribution is 6.07. The Labute approximate surface area is 191 Å². The van der Waals surface area contributed by atoms with Crippen LogP contribution in [0.25, 0.3) is 11.4 Å². The topological polar surface area (TPSA) is 99.8 Å². The maximum atomic E-state index is 12.8. The molecule has 7 heteroatoms. The molecule has 164 valence electrons. The number of rotatable bonds is 6. The first kappa shape index (κ1) is 20.6. The van der Waals surface area contributed by atoms with Crippen LogP contribution in [0.4, 0.5) is 11.4 Å². The minimum Gasteiger partial charge on any atom is -0.322 e. The van der Waals surface area contributed by atoms with Gasteiger partial charge in [0, 0.05) is 34.0 Å². The molecule has 1 fully saturated rings. The van der Waals surface area contributed by atoms with Gasteiger partial charge in [-0.25, -0.2) is 4.98 Å². The van der Waals surface area contributed by atoms with Gasteiger partial charge in [0.2, 0.25) is 0 Å². The second kappa shape index (κ2) is 8.70. The van der Waals surface area contributed by atoms with Crippen LogP contribution in [0.2, 0.25) is 0 Å². The third-order valence-corrected chi connectivity index (χ3v) is 5.65. The summed E-state index contributed by atoms with van der Waals surface area (Å²) in [6.45, 7) is 1.89. The fourth-order valence-electron chi connectivity index (χ4n) is 3.53. The summed E-state index contributed by atoms with van der Waals surface area (Å²) in [6, 6.07) is 21.6. The summed E-state index contributed by atoms with van der Waals surface area (Å²) in [5.41, 5.74) is 4.04. The largest absolute Gasteiger partial charge is 0.322 e. The Balaban J connectivity index is 1.27. The van der Waals surface area contributed by atoms with Crippen molar-refractivity contribution in [1.82, 2.24) is 15.2 Å². The summed E-state index contributed by atoms with van der Waals surface area (Å²) in [5, 5.41) is 13.1. The molecular weight excluding hydrogens is 414 g/mol. The van der Waals surface area contributed by atoms with Gasteiger partial charge in [-0.05, 0) is 73.9 Å². The molecular formula is C26H23N5O2. The van der Waals surface area contributed by atoms with Gasteiger partial charge in [-0.15, -0.1) is 0 Å². The van der Waals surface area contributed by atoms with Crippen molar-refractivity contribution in [3.05, 3.63) is 95.3 Å². The summed E-state index contributed by atoms with van der Waals surface area (Å²) < 4.78 is 0. The Morgan fingerprint density at radius 1 is 0.879 bits per heavy atom. The van der Waals surface area contributed by atoms with Gasteiger partial charge < -0.3 is 10.6 Å². The Hall–Kier alpha value is -4.26. The lowest BCUT2D eigenvalue weighted by atomic mass is 10.1. The van der Waals surface area contributed by atoms with Crippen molar-refractivity contribution in [2.75, 3.05) is 10.6 Å². The van der Waals surface area contributed by atoms with Crippen molar-refractivity contribution in [2.24, 2.45) is 0 Å². The van der Waals surface area contributed by atoms with E-state index < -0.39 is 0 Å². The summed E-state index contributed by atoms with van der Waals surface area (Å²) in [5.74, 6) is 1.64. The maximum Gasteiger partial charge on any atom is 0.255 e. The first-order valence-corrected chi connectivity index (χ1v) is 10.9. The van der Waals surface area contributed by atoms with Gasteiger partial charge in [0.05, 0.1) is 0 Å². The Bertz CT molecular complexity index is 1310. The van der Waals surface area contributed by atoms with Crippen LogP contribution in [-0.2, 0) is 0 Å². The molecule has 2 amide bonds. The molecule has 0 atom stereocenters. The smallest absolute Gasteiger partial charge is 0.255 e. The summed E-state index contributed by atoms with van der Waals surface area (Å²) in [7, 11) is 0. The van der Waals surface area contributed by atoms with Gasteiger partial charge in [0.15, 0.2) is 5.82 Å². The first-order chi connectivity index (χ1) is 16.1. The van der Waals surface area contributed by atoms with Crippen LogP contribution in [0, 0.1) is 6.92 Å². The van der Waals surface area contributed by atoms with Crippen molar-refractivity contribution in [3.8, 4) is 11.4 Å². The molecule has 0 spiro atoms. The number of hydrogen-bond donors (Lipinski definition) is 3. The highest BCUT2D eigenvalue weighted by Gasteiger charge is 2.27. The average Bonchev–Trinajstić information content (AvgIpc) is 3.58. The molecule has 4 aromatic rings. The lowest BCUT2D eigenvalue weighted by Crippen LogP contribution is -2.15. The van der Waals surface area contributed by atoms with Gasteiger partial charge in [-0.2, -0.15) is 5.10 Å². The Morgan fingerprint density at radius 2 is 1.61 bits per heavy atom. The molecule has 0 radical (unpaired) electrons. The second-order valence-electron chi connectivity index (χ2n) is 8.20. The highest BCUT2D eigenvalue weighted by atomic mass is 16.2. The lowest BCUT2D eigenvalue weighted by molar-refractivity contribution is 0.101. The van der Waals surface area contributed by atoms with Gasteiger partial charge in [-0.1, -0.05) is 24.3 Å². The quantitative estimate of drug-likeness (QED) is 0.388. The van der Waals surface area contributed by atoms with E-state index in [2.05, 4.69) is 25.8 Å². The molecule has 1 aliphatic rings. The zero-order valence-electron chi connectivity index (χ0n) is 18.1. The monoisotopic (exact) mass is 437 g/mol. The van der Waals surface area contributed by atoms with Crippen LogP contribution in [0.3, 0.4) is 0 Å². The van der Waals surface area contributed by atoms with Crippen LogP contribution in [0.15, 0.2) is 72.8 Å². The molecule has 0 aliphatic heterocycles. The lowest BCUT2D eigenvalue weighted by Gasteiger charge is -2.11. The normalized spacial score (nSPS) is 12.9. The molecule has 1 aromatic heterocycles. The zero-order chi connectivity index (χ0) is 22.8. The number of benzene rings is 3. The standard InChI is InChI=1S/C26H23N5O2/c1-16-7-8-20(15-22(16)28-25(32)19-5-3-2-4-6-19)26(33)27-21-13-11-18(12-14-21)24-29-23(30-31-24)17-9-10-17/h2-8,11-15,17H,9-10H2,1H3,(H,27,33)(H,28,32)(H,29,30,31). The Kier molecular flexibility index (Phi) is 5.44. The van der Waals surface area contributed by atoms with Crippen molar-refractivity contribution in [3.63, 3.8) is 0 Å². The van der Waals surface area contributed by atoms with E-state index in [1.54, 1.807) is 24.3 Å². The SMILES string of the molecule is Cc1ccc(C(=O)Nc2ccc(-c3n[nH]c(C4CC4)n3)cc2)cc1NC(=O)c1ccccc1. The molecule has 33 heavy (non-hydrogen) atoms. The fraction of sp³-hybridized carbons (Fsp3) is 0.154. The maximum absolute atomic E-state index is 12.8. The number of hydrogen-bond acceptors (Lipinski definition) is 4. The fourth-order valence-corrected chi connectivity index (χ4v) is 3.53. The highest BCUT2D eigenvalue weighted by Crippen LogP contribution is 2.38. The van der Waals surface area contributed by atoms with Gasteiger partial charge in [-0.3, -0.25) is 14.7 Å². The number of H-pyrrole nitrogens is 1. The molecule has 1 heterocycles. The van der Waals surface area contributed by atoms with Gasteiger partial charge in [0.25, 0.3) is 11.8 Å². The minimum atomic E-state index is -0.258. The number of anilines is 2. The number of aromatic nitrogens is 3. The van der Waals surface area contributed by atoms with Gasteiger partial charge in [0.1, 0.15) is 5.82 Å². The molecule has 7 nitrogen and oxygen atoms in total. The molecule has 3 N–H and O–H groups in total. The van der Waals surface area contributed by atoms with E-state index in [1.807, 2.05) is 55.5 Å². The molecule has 1 aliphatic carbocycles. The number of amides is 2. The minimum absolute atomic E-state index is 0.219. The average molecular weight is 438 g/mol. The Morgan fingerprint density at radius 3 is 2.33 bits per heavy atom. The number of carbonyl (C=O) groups is 2. The summed E-state index contributed by atoms with van der Waals surface area (Å²) in [4.78, 5) is 29.9. The van der Waals surface area contributed by atoms with Crippen molar-refractivity contribution >= 4 is 23.2 Å². The number of aromatic amines is 1. The van der Waals surface area contributed by atoms with Crippen LogP contribution >= 0.6 is 0 Å².